The van der Waals surface area contributed by atoms with Crippen LogP contribution < -0.4 is 20.3 Å². The Balaban J connectivity index is 2.79. The molecule has 0 radical (unpaired) electrons. The number of quaternary nitrogens is 1. The van der Waals surface area contributed by atoms with Crippen LogP contribution in [-0.4, -0.2) is 26.2 Å². The molecule has 0 unspecified atom stereocenters. The first-order valence-electron chi connectivity index (χ1n) is 5.30. The molecule has 5 heteroatoms. The molecule has 0 amide bonds. The number of rotatable bonds is 6. The molecule has 0 saturated carbocycles. The fraction of sp³-hybridized carbons (Fsp3) is 0.417. The lowest BCUT2D eigenvalue weighted by atomic mass is 10.0. The second kappa shape index (κ2) is 6.10. The van der Waals surface area contributed by atoms with Crippen LogP contribution in [0.15, 0.2) is 18.2 Å². The van der Waals surface area contributed by atoms with Gasteiger partial charge in [0.25, 0.3) is 0 Å². The van der Waals surface area contributed by atoms with Gasteiger partial charge in [-0.1, -0.05) is 6.07 Å². The van der Waals surface area contributed by atoms with Gasteiger partial charge in [0.1, 0.15) is 11.5 Å². The van der Waals surface area contributed by atoms with Crippen LogP contribution in [0.5, 0.6) is 11.5 Å². The molecule has 94 valence electrons. The molecule has 1 aromatic rings. The van der Waals surface area contributed by atoms with Crippen molar-refractivity contribution < 1.29 is 25.1 Å². The van der Waals surface area contributed by atoms with E-state index >= 15 is 0 Å². The van der Waals surface area contributed by atoms with Gasteiger partial charge in [0.15, 0.2) is 0 Å². The smallest absolute Gasteiger partial charge is 0.125 e. The van der Waals surface area contributed by atoms with Crippen LogP contribution in [0.1, 0.15) is 12.0 Å². The molecular weight excluding hydrogens is 222 g/mol. The second-order valence-electron chi connectivity index (χ2n) is 3.82. The Morgan fingerprint density at radius 3 is 2.65 bits per heavy atom. The summed E-state index contributed by atoms with van der Waals surface area (Å²) in [5.74, 6) is 0.292. The fourth-order valence-electron chi connectivity index (χ4n) is 1.64. The number of aliphatic carboxylic acids is 1. The number of carbonyl (C=O) groups excluding carboxylic acids is 1. The summed E-state index contributed by atoms with van der Waals surface area (Å²) in [5, 5.41) is 10.5. The highest BCUT2D eigenvalue weighted by molar-refractivity contribution is 5.64. The highest BCUT2D eigenvalue weighted by Crippen LogP contribution is 2.25. The molecule has 0 aliphatic carbocycles. The fourth-order valence-corrected chi connectivity index (χ4v) is 1.64. The number of hydrogen-bond acceptors (Lipinski definition) is 4. The molecule has 0 bridgehead atoms. The van der Waals surface area contributed by atoms with Crippen LogP contribution in [0.25, 0.3) is 0 Å². The quantitative estimate of drug-likeness (QED) is 0.689. The van der Waals surface area contributed by atoms with Gasteiger partial charge in [-0.2, -0.15) is 0 Å². The first-order chi connectivity index (χ1) is 8.06. The third-order valence-electron chi connectivity index (χ3n) is 2.46. The third kappa shape index (κ3) is 3.96. The van der Waals surface area contributed by atoms with Gasteiger partial charge in [-0.05, 0) is 6.07 Å². The predicted octanol–water partition coefficient (Wildman–Crippen LogP) is -1.00. The van der Waals surface area contributed by atoms with Crippen molar-refractivity contribution in [3.05, 3.63) is 23.8 Å². The van der Waals surface area contributed by atoms with Gasteiger partial charge in [-0.15, -0.1) is 0 Å². The van der Waals surface area contributed by atoms with Crippen LogP contribution in [0.4, 0.5) is 0 Å². The van der Waals surface area contributed by atoms with Crippen molar-refractivity contribution in [2.45, 2.75) is 18.9 Å². The lowest BCUT2D eigenvalue weighted by Crippen LogP contribution is -2.63. The number of methoxy groups -OCH3 is 2. The van der Waals surface area contributed by atoms with E-state index in [1.54, 1.807) is 20.3 Å². The Morgan fingerprint density at radius 2 is 2.12 bits per heavy atom. The van der Waals surface area contributed by atoms with E-state index in [9.17, 15) is 9.90 Å². The zero-order chi connectivity index (χ0) is 12.8. The minimum absolute atomic E-state index is 0.0603. The molecule has 1 aromatic carbocycles. The Labute approximate surface area is 100 Å². The van der Waals surface area contributed by atoms with Crippen LogP contribution in [-0.2, 0) is 11.2 Å². The summed E-state index contributed by atoms with van der Waals surface area (Å²) >= 11 is 0. The minimum atomic E-state index is -1.09. The lowest BCUT2D eigenvalue weighted by Gasteiger charge is -2.13. The van der Waals surface area contributed by atoms with E-state index in [0.29, 0.717) is 17.9 Å². The van der Waals surface area contributed by atoms with Crippen molar-refractivity contribution in [1.82, 2.24) is 0 Å². The number of hydrogen-bond donors (Lipinski definition) is 1. The van der Waals surface area contributed by atoms with Crippen LogP contribution in [0.3, 0.4) is 0 Å². The first kappa shape index (κ1) is 13.3. The molecule has 0 fully saturated rings. The van der Waals surface area contributed by atoms with Gasteiger partial charge in [-0.3, -0.25) is 0 Å². The molecule has 1 atom stereocenters. The molecule has 5 nitrogen and oxygen atoms in total. The number of ether oxygens (including phenoxy) is 2. The van der Waals surface area contributed by atoms with Crippen molar-refractivity contribution in [3.63, 3.8) is 0 Å². The summed E-state index contributed by atoms with van der Waals surface area (Å²) in [6, 6.07) is 5.19. The number of carboxylic acids is 1. The van der Waals surface area contributed by atoms with Gasteiger partial charge in [-0.25, -0.2) is 0 Å². The Hall–Kier alpha value is -1.75. The molecule has 0 aliphatic heterocycles. The minimum Gasteiger partial charge on any atom is -0.550 e. The Bertz CT molecular complexity index is 392. The predicted molar refractivity (Wildman–Crippen MR) is 59.6 cm³/mol. The van der Waals surface area contributed by atoms with E-state index in [2.05, 4.69) is 5.73 Å². The number of benzene rings is 1. The molecular formula is C12H17NO4. The Kier molecular flexibility index (Phi) is 4.78. The summed E-state index contributed by atoms with van der Waals surface area (Å²) < 4.78 is 10.3. The third-order valence-corrected chi connectivity index (χ3v) is 2.46. The van der Waals surface area contributed by atoms with Crippen molar-refractivity contribution in [1.29, 1.82) is 0 Å². The van der Waals surface area contributed by atoms with Crippen molar-refractivity contribution in [2.75, 3.05) is 14.2 Å². The zero-order valence-electron chi connectivity index (χ0n) is 10.1. The SMILES string of the molecule is COc1ccc(C[C@H]([NH3+])CC(=O)[O-])c(OC)c1. The molecule has 0 heterocycles. The highest BCUT2D eigenvalue weighted by atomic mass is 16.5. The van der Waals surface area contributed by atoms with Crippen LogP contribution >= 0.6 is 0 Å². The average Bonchev–Trinajstić information content (AvgIpc) is 2.28. The Morgan fingerprint density at radius 1 is 1.41 bits per heavy atom. The summed E-state index contributed by atoms with van der Waals surface area (Å²) in [6.45, 7) is 0. The normalized spacial score (nSPS) is 11.9. The van der Waals surface area contributed by atoms with E-state index in [1.807, 2.05) is 12.1 Å². The summed E-state index contributed by atoms with van der Waals surface area (Å²) in [5.41, 5.74) is 4.70. The van der Waals surface area contributed by atoms with Crippen molar-refractivity contribution in [3.8, 4) is 11.5 Å². The molecule has 17 heavy (non-hydrogen) atoms. The maximum absolute atomic E-state index is 10.5. The molecule has 1 rings (SSSR count). The molecule has 3 N–H and O–H groups in total. The maximum Gasteiger partial charge on any atom is 0.125 e. The monoisotopic (exact) mass is 239 g/mol. The summed E-state index contributed by atoms with van der Waals surface area (Å²) in [4.78, 5) is 10.5. The molecule has 0 aromatic heterocycles. The van der Waals surface area contributed by atoms with Gasteiger partial charge in [0.2, 0.25) is 0 Å². The van der Waals surface area contributed by atoms with E-state index in [4.69, 9.17) is 9.47 Å². The van der Waals surface area contributed by atoms with E-state index in [1.165, 1.54) is 0 Å². The average molecular weight is 239 g/mol. The summed E-state index contributed by atoms with van der Waals surface area (Å²) in [7, 11) is 3.14. The second-order valence-corrected chi connectivity index (χ2v) is 3.82. The summed E-state index contributed by atoms with van der Waals surface area (Å²) in [6.07, 6.45) is 0.469. The van der Waals surface area contributed by atoms with Crippen molar-refractivity contribution >= 4 is 5.97 Å². The number of carboxylic acid groups (broad SMARTS) is 1. The standard InChI is InChI=1S/C12H17NO4/c1-16-10-4-3-8(11(7-10)17-2)5-9(13)6-12(14)15/h3-4,7,9H,5-6,13H2,1-2H3,(H,14,15)/t9-/m0/s1. The van der Waals surface area contributed by atoms with Gasteiger partial charge < -0.3 is 25.1 Å². The van der Waals surface area contributed by atoms with Crippen LogP contribution in [0, 0.1) is 0 Å². The first-order valence-corrected chi connectivity index (χ1v) is 5.30. The largest absolute Gasteiger partial charge is 0.550 e. The van der Waals surface area contributed by atoms with E-state index in [-0.39, 0.29) is 12.5 Å². The van der Waals surface area contributed by atoms with Gasteiger partial charge in [0.05, 0.1) is 20.3 Å². The lowest BCUT2D eigenvalue weighted by molar-refractivity contribution is -0.423. The van der Waals surface area contributed by atoms with Crippen molar-refractivity contribution in [2.24, 2.45) is 0 Å². The molecule has 0 aliphatic rings. The molecule has 0 saturated heterocycles. The highest BCUT2D eigenvalue weighted by Gasteiger charge is 2.12. The zero-order valence-corrected chi connectivity index (χ0v) is 10.1. The maximum atomic E-state index is 10.5. The van der Waals surface area contributed by atoms with Gasteiger partial charge >= 0.3 is 0 Å². The number of carbonyl (C=O) groups is 1. The topological polar surface area (TPSA) is 86.2 Å². The van der Waals surface area contributed by atoms with Crippen LogP contribution in [0.2, 0.25) is 0 Å². The van der Waals surface area contributed by atoms with Gasteiger partial charge in [0, 0.05) is 30.4 Å². The molecule has 0 spiro atoms. The van der Waals surface area contributed by atoms with E-state index in [0.717, 1.165) is 5.56 Å². The van der Waals surface area contributed by atoms with E-state index < -0.39 is 5.97 Å².